The van der Waals surface area contributed by atoms with Gasteiger partial charge in [-0.1, -0.05) is 36.4 Å². The van der Waals surface area contributed by atoms with Crippen molar-refractivity contribution < 1.29 is 22.4 Å². The molecular weight excluding hydrogens is 556 g/mol. The van der Waals surface area contributed by atoms with Crippen LogP contribution in [0.3, 0.4) is 0 Å². The molecule has 0 radical (unpaired) electrons. The number of pyridine rings is 1. The Morgan fingerprint density at radius 2 is 1.65 bits per heavy atom. The van der Waals surface area contributed by atoms with E-state index >= 15 is 0 Å². The molecule has 4 aliphatic heterocycles. The fourth-order valence-electron chi connectivity index (χ4n) is 8.42. The van der Waals surface area contributed by atoms with Gasteiger partial charge in [0.1, 0.15) is 23.8 Å². The van der Waals surface area contributed by atoms with Crippen molar-refractivity contribution in [3.05, 3.63) is 119 Å². The van der Waals surface area contributed by atoms with E-state index in [2.05, 4.69) is 95.0 Å². The number of nitrogens with zero attached hydrogens (tertiary/aromatic N) is 4. The second kappa shape index (κ2) is 7.15. The van der Waals surface area contributed by atoms with Gasteiger partial charge in [0.15, 0.2) is 11.3 Å². The lowest BCUT2D eigenvalue weighted by molar-refractivity contribution is -0.990. The van der Waals surface area contributed by atoms with E-state index < -0.39 is 15.5 Å². The highest BCUT2D eigenvalue weighted by molar-refractivity contribution is 7.92. The largest absolute Gasteiger partial charge is 0.452 e. The first-order chi connectivity index (χ1) is 20.7. The smallest absolute Gasteiger partial charge is 0.430 e. The molecule has 1 spiro atoms. The lowest BCUT2D eigenvalue weighted by Gasteiger charge is -2.23. The number of hydrogen-bond acceptors (Lipinski definition) is 3. The van der Waals surface area contributed by atoms with Crippen LogP contribution in [-0.2, 0) is 15.5 Å². The SMILES string of the molecule is Cc1c[n+]2c(c(C)c1-c1ccc3c(c1)S(=O)(=O)c1ccccc1-3)-n1ccc3c1C21c2c(cccc2-n2c(C)cc(C)[n+]21)O3. The molecule has 43 heavy (non-hydrogen) atoms. The van der Waals surface area contributed by atoms with Crippen molar-refractivity contribution in [1.82, 2.24) is 9.25 Å². The molecule has 208 valence electrons. The first kappa shape index (κ1) is 23.6. The van der Waals surface area contributed by atoms with Crippen LogP contribution in [0.15, 0.2) is 95.0 Å². The number of ether oxygens (including phenoxy) is 1. The summed E-state index contributed by atoms with van der Waals surface area (Å²) in [5.41, 5.74) is 10.6. The van der Waals surface area contributed by atoms with Crippen molar-refractivity contribution in [3.8, 4) is 45.3 Å². The number of benzene rings is 3. The van der Waals surface area contributed by atoms with Crippen LogP contribution < -0.4 is 14.0 Å². The Bertz CT molecular complexity index is 2450. The maximum absolute atomic E-state index is 13.6. The second-order valence-corrected chi connectivity index (χ2v) is 14.0. The number of rotatable bonds is 1. The zero-order valence-electron chi connectivity index (χ0n) is 24.0. The van der Waals surface area contributed by atoms with Crippen LogP contribution in [0.2, 0.25) is 0 Å². The van der Waals surface area contributed by atoms with Crippen molar-refractivity contribution in [2.24, 2.45) is 0 Å². The Balaban J connectivity index is 1.29. The van der Waals surface area contributed by atoms with Gasteiger partial charge in [-0.3, -0.25) is 0 Å². The van der Waals surface area contributed by atoms with Gasteiger partial charge < -0.3 is 4.74 Å². The van der Waals surface area contributed by atoms with Crippen LogP contribution >= 0.6 is 0 Å². The normalized spacial score (nSPS) is 18.4. The predicted octanol–water partition coefficient (Wildman–Crippen LogP) is 5.59. The molecule has 0 saturated heterocycles. The summed E-state index contributed by atoms with van der Waals surface area (Å²) >= 11 is 0. The molecule has 1 atom stereocenters. The zero-order chi connectivity index (χ0) is 29.2. The summed E-state index contributed by atoms with van der Waals surface area (Å²) < 4.78 is 43.1. The van der Waals surface area contributed by atoms with Crippen LogP contribution in [0.25, 0.3) is 33.8 Å². The minimum Gasteiger partial charge on any atom is -0.452 e. The fourth-order valence-corrected chi connectivity index (χ4v) is 10.1. The van der Waals surface area contributed by atoms with Crippen LogP contribution in [0, 0.1) is 27.7 Å². The fraction of sp³-hybridized carbons (Fsp3) is 0.143. The summed E-state index contributed by atoms with van der Waals surface area (Å²) in [6.45, 7) is 8.59. The average molecular weight is 583 g/mol. The summed E-state index contributed by atoms with van der Waals surface area (Å²) in [7, 11) is -3.59. The Kier molecular flexibility index (Phi) is 3.92. The molecule has 6 aromatic rings. The molecule has 8 heteroatoms. The number of aryl methyl sites for hydroxylation is 3. The van der Waals surface area contributed by atoms with E-state index in [1.165, 1.54) is 0 Å². The molecule has 10 rings (SSSR count). The van der Waals surface area contributed by atoms with E-state index in [1.54, 1.807) is 12.1 Å². The molecule has 0 fully saturated rings. The number of hydrogen-bond donors (Lipinski definition) is 0. The lowest BCUT2D eigenvalue weighted by atomic mass is 9.90. The quantitative estimate of drug-likeness (QED) is 0.237. The van der Waals surface area contributed by atoms with Gasteiger partial charge in [-0.2, -0.15) is 9.13 Å². The highest BCUT2D eigenvalue weighted by Crippen LogP contribution is 2.54. The molecule has 1 unspecified atom stereocenters. The molecule has 3 aromatic carbocycles. The highest BCUT2D eigenvalue weighted by atomic mass is 32.2. The average Bonchev–Trinajstić information content (AvgIpc) is 3.75. The van der Waals surface area contributed by atoms with E-state index in [1.807, 2.05) is 24.3 Å². The first-order valence-electron chi connectivity index (χ1n) is 14.5. The van der Waals surface area contributed by atoms with E-state index in [4.69, 9.17) is 4.74 Å². The second-order valence-electron chi connectivity index (χ2n) is 12.1. The summed E-state index contributed by atoms with van der Waals surface area (Å²) in [6.07, 6.45) is 4.34. The zero-order valence-corrected chi connectivity index (χ0v) is 24.8. The molecule has 7 heterocycles. The van der Waals surface area contributed by atoms with Gasteiger partial charge in [0.05, 0.1) is 15.5 Å². The third-order valence-electron chi connectivity index (χ3n) is 9.83. The van der Waals surface area contributed by atoms with Crippen molar-refractivity contribution in [2.75, 3.05) is 0 Å². The molecule has 0 aliphatic carbocycles. The van der Waals surface area contributed by atoms with Crippen LogP contribution in [0.1, 0.15) is 33.8 Å². The minimum atomic E-state index is -3.59. The van der Waals surface area contributed by atoms with Gasteiger partial charge in [0.25, 0.3) is 11.5 Å². The van der Waals surface area contributed by atoms with Gasteiger partial charge in [-0.05, 0) is 66.4 Å². The van der Waals surface area contributed by atoms with Gasteiger partial charge in [-0.15, -0.1) is 4.68 Å². The molecule has 0 bridgehead atoms. The Labute approximate surface area is 248 Å². The molecule has 4 aliphatic rings. The number of fused-ring (bicyclic) bond motifs is 7. The van der Waals surface area contributed by atoms with E-state index in [0.717, 1.165) is 79.0 Å². The van der Waals surface area contributed by atoms with Gasteiger partial charge in [0.2, 0.25) is 15.5 Å². The minimum absolute atomic E-state index is 0.374. The summed E-state index contributed by atoms with van der Waals surface area (Å²) in [5.74, 6) is 2.74. The van der Waals surface area contributed by atoms with Gasteiger partial charge in [-0.25, -0.2) is 8.42 Å². The van der Waals surface area contributed by atoms with Crippen LogP contribution in [0.5, 0.6) is 11.5 Å². The molecular formula is C35H26N4O3S+2. The Hall–Kier alpha value is -4.95. The summed E-state index contributed by atoms with van der Waals surface area (Å²) in [5, 5.41) is 0. The number of sulfone groups is 1. The maximum atomic E-state index is 13.6. The molecule has 0 saturated carbocycles. The summed E-state index contributed by atoms with van der Waals surface area (Å²) in [6, 6.07) is 23.8. The van der Waals surface area contributed by atoms with Gasteiger partial charge >= 0.3 is 5.66 Å². The van der Waals surface area contributed by atoms with Gasteiger partial charge in [0, 0.05) is 35.7 Å². The van der Waals surface area contributed by atoms with Crippen molar-refractivity contribution in [3.63, 3.8) is 0 Å². The third kappa shape index (κ3) is 2.39. The summed E-state index contributed by atoms with van der Waals surface area (Å²) in [4.78, 5) is 0.755. The van der Waals surface area contributed by atoms with E-state index in [-0.39, 0.29) is 0 Å². The molecule has 3 aromatic heterocycles. The van der Waals surface area contributed by atoms with E-state index in [9.17, 15) is 8.42 Å². The highest BCUT2D eigenvalue weighted by Gasteiger charge is 2.73. The monoisotopic (exact) mass is 582 g/mol. The van der Waals surface area contributed by atoms with Crippen molar-refractivity contribution in [1.29, 1.82) is 0 Å². The third-order valence-corrected chi connectivity index (χ3v) is 11.7. The van der Waals surface area contributed by atoms with Crippen LogP contribution in [-0.4, -0.2) is 17.7 Å². The molecule has 7 nitrogen and oxygen atoms in total. The standard InChI is InChI=1S/C35H26N4O3S/c1-19-18-37-34(22(4)31(19)23-12-13-25-24-8-5-6-11-29(24)43(40,41)30(25)17-23)36-15-14-28-33(36)35(37)32-26(9-7-10-27(32)42-28)38-20(2)16-21(3)39(35)38/h5-18H,1-4H3/q+2. The van der Waals surface area contributed by atoms with Crippen molar-refractivity contribution >= 4 is 9.84 Å². The molecule has 0 amide bonds. The number of aromatic nitrogens is 4. The van der Waals surface area contributed by atoms with Crippen LogP contribution in [0.4, 0.5) is 0 Å². The first-order valence-corrected chi connectivity index (χ1v) is 15.9. The predicted molar refractivity (Wildman–Crippen MR) is 159 cm³/mol. The topological polar surface area (TPSA) is 61.0 Å². The Morgan fingerprint density at radius 3 is 2.51 bits per heavy atom. The lowest BCUT2D eigenvalue weighted by Crippen LogP contribution is -2.74. The van der Waals surface area contributed by atoms with E-state index in [0.29, 0.717) is 9.79 Å². The maximum Gasteiger partial charge on any atom is 0.430 e. The Morgan fingerprint density at radius 1 is 0.837 bits per heavy atom. The van der Waals surface area contributed by atoms with Crippen molar-refractivity contribution in [2.45, 2.75) is 43.1 Å². The molecule has 0 N–H and O–H groups in total.